The van der Waals surface area contributed by atoms with Crippen LogP contribution in [0.4, 0.5) is 8.78 Å². The second-order valence-corrected chi connectivity index (χ2v) is 5.34. The molecule has 110 valence electrons. The number of ether oxygens (including phenoxy) is 1. The van der Waals surface area contributed by atoms with E-state index >= 15 is 0 Å². The minimum atomic E-state index is -0.571. The molecule has 0 spiro atoms. The molecule has 2 nitrogen and oxygen atoms in total. The fourth-order valence-corrected chi connectivity index (χ4v) is 2.36. The van der Waals surface area contributed by atoms with E-state index in [2.05, 4.69) is 5.32 Å². The highest BCUT2D eigenvalue weighted by Crippen LogP contribution is 2.28. The first kappa shape index (κ1) is 14.0. The van der Waals surface area contributed by atoms with E-state index in [1.165, 1.54) is 25.0 Å². The van der Waals surface area contributed by atoms with Crippen molar-refractivity contribution in [1.29, 1.82) is 0 Å². The predicted octanol–water partition coefficient (Wildman–Crippen LogP) is 3.89. The molecule has 0 bridgehead atoms. The summed E-state index contributed by atoms with van der Waals surface area (Å²) < 4.78 is 32.0. The fraction of sp³-hybridized carbons (Fsp3) is 0.294. The molecule has 1 fully saturated rings. The second-order valence-electron chi connectivity index (χ2n) is 5.34. The first-order valence-electron chi connectivity index (χ1n) is 7.02. The van der Waals surface area contributed by atoms with Crippen molar-refractivity contribution in [3.8, 4) is 16.9 Å². The number of halogens is 2. The maximum Gasteiger partial charge on any atom is 0.126 e. The lowest BCUT2D eigenvalue weighted by molar-refractivity contribution is 0.407. The number of hydrogen-bond donors (Lipinski definition) is 1. The van der Waals surface area contributed by atoms with Crippen LogP contribution in [0.25, 0.3) is 11.1 Å². The van der Waals surface area contributed by atoms with Gasteiger partial charge in [-0.1, -0.05) is 6.07 Å². The Balaban J connectivity index is 1.92. The van der Waals surface area contributed by atoms with E-state index in [1.54, 1.807) is 7.11 Å². The average Bonchev–Trinajstić information content (AvgIpc) is 3.28. The van der Waals surface area contributed by atoms with Crippen molar-refractivity contribution in [3.63, 3.8) is 0 Å². The fourth-order valence-electron chi connectivity index (χ4n) is 2.36. The molecule has 1 aliphatic rings. The molecule has 0 atom stereocenters. The van der Waals surface area contributed by atoms with Gasteiger partial charge in [-0.05, 0) is 48.2 Å². The van der Waals surface area contributed by atoms with Crippen LogP contribution in [0.3, 0.4) is 0 Å². The molecule has 4 heteroatoms. The summed E-state index contributed by atoms with van der Waals surface area (Å²) in [7, 11) is 1.62. The van der Waals surface area contributed by atoms with E-state index in [4.69, 9.17) is 4.74 Å². The summed E-state index contributed by atoms with van der Waals surface area (Å²) in [5.41, 5.74) is 2.30. The Morgan fingerprint density at radius 3 is 2.38 bits per heavy atom. The first-order chi connectivity index (χ1) is 10.2. The van der Waals surface area contributed by atoms with Crippen LogP contribution >= 0.6 is 0 Å². The van der Waals surface area contributed by atoms with Crippen LogP contribution in [-0.4, -0.2) is 13.2 Å². The molecular weight excluding hydrogens is 272 g/mol. The van der Waals surface area contributed by atoms with E-state index in [9.17, 15) is 8.78 Å². The molecule has 2 aromatic carbocycles. The third-order valence-electron chi connectivity index (χ3n) is 3.63. The highest BCUT2D eigenvalue weighted by molar-refractivity contribution is 5.66. The lowest BCUT2D eigenvalue weighted by Gasteiger charge is -2.12. The standard InChI is InChI=1S/C17H17F2NO/c1-21-17-5-2-11(6-13(17)10-20-16-3-4-16)12-7-14(18)9-15(19)8-12/h2,5-9,16,20H,3-4,10H2,1H3. The number of hydrogen-bond acceptors (Lipinski definition) is 2. The molecule has 2 aromatic rings. The van der Waals surface area contributed by atoms with E-state index in [0.29, 0.717) is 18.2 Å². The summed E-state index contributed by atoms with van der Waals surface area (Å²) in [6.45, 7) is 0.694. The maximum absolute atomic E-state index is 13.3. The van der Waals surface area contributed by atoms with Crippen LogP contribution in [0, 0.1) is 11.6 Å². The lowest BCUT2D eigenvalue weighted by Crippen LogP contribution is -2.15. The summed E-state index contributed by atoms with van der Waals surface area (Å²) >= 11 is 0. The summed E-state index contributed by atoms with van der Waals surface area (Å²) in [4.78, 5) is 0. The highest BCUT2D eigenvalue weighted by Gasteiger charge is 2.20. The Morgan fingerprint density at radius 1 is 1.05 bits per heavy atom. The van der Waals surface area contributed by atoms with Crippen LogP contribution < -0.4 is 10.1 Å². The zero-order valence-corrected chi connectivity index (χ0v) is 11.8. The van der Waals surface area contributed by atoms with Gasteiger partial charge in [0.05, 0.1) is 7.11 Å². The van der Waals surface area contributed by atoms with Gasteiger partial charge in [0.2, 0.25) is 0 Å². The third-order valence-corrected chi connectivity index (χ3v) is 3.63. The molecule has 0 aromatic heterocycles. The molecule has 0 saturated heterocycles. The van der Waals surface area contributed by atoms with Crippen LogP contribution in [0.5, 0.6) is 5.75 Å². The van der Waals surface area contributed by atoms with Gasteiger partial charge in [-0.25, -0.2) is 8.78 Å². The van der Waals surface area contributed by atoms with Gasteiger partial charge >= 0.3 is 0 Å². The monoisotopic (exact) mass is 289 g/mol. The van der Waals surface area contributed by atoms with Gasteiger partial charge in [-0.3, -0.25) is 0 Å². The van der Waals surface area contributed by atoms with Gasteiger partial charge in [0, 0.05) is 24.2 Å². The van der Waals surface area contributed by atoms with Gasteiger partial charge in [0.1, 0.15) is 17.4 Å². The average molecular weight is 289 g/mol. The van der Waals surface area contributed by atoms with Crippen molar-refractivity contribution in [2.75, 3.05) is 7.11 Å². The van der Waals surface area contributed by atoms with Gasteiger partial charge < -0.3 is 10.1 Å². The Bertz CT molecular complexity index is 633. The quantitative estimate of drug-likeness (QED) is 0.901. The zero-order valence-electron chi connectivity index (χ0n) is 11.8. The molecule has 1 saturated carbocycles. The Labute approximate surface area is 122 Å². The number of benzene rings is 2. The van der Waals surface area contributed by atoms with E-state index < -0.39 is 11.6 Å². The molecule has 0 unspecified atom stereocenters. The number of methoxy groups -OCH3 is 1. The van der Waals surface area contributed by atoms with Crippen LogP contribution in [-0.2, 0) is 6.54 Å². The normalized spacial score (nSPS) is 14.2. The zero-order chi connectivity index (χ0) is 14.8. The summed E-state index contributed by atoms with van der Waals surface area (Å²) in [5.74, 6) is -0.360. The topological polar surface area (TPSA) is 21.3 Å². The molecule has 1 N–H and O–H groups in total. The molecule has 21 heavy (non-hydrogen) atoms. The molecule has 0 aliphatic heterocycles. The second kappa shape index (κ2) is 5.82. The largest absolute Gasteiger partial charge is 0.496 e. The van der Waals surface area contributed by atoms with Crippen molar-refractivity contribution >= 4 is 0 Å². The maximum atomic E-state index is 13.3. The molecule has 0 radical (unpaired) electrons. The SMILES string of the molecule is COc1ccc(-c2cc(F)cc(F)c2)cc1CNC1CC1. The van der Waals surface area contributed by atoms with Gasteiger partial charge in [0.15, 0.2) is 0 Å². The smallest absolute Gasteiger partial charge is 0.126 e. The van der Waals surface area contributed by atoms with E-state index in [0.717, 1.165) is 22.9 Å². The summed E-state index contributed by atoms with van der Waals surface area (Å²) in [6, 6.07) is 9.71. The number of rotatable bonds is 5. The Kier molecular flexibility index (Phi) is 3.88. The summed E-state index contributed by atoms with van der Waals surface area (Å²) in [6.07, 6.45) is 2.41. The van der Waals surface area contributed by atoms with Crippen molar-refractivity contribution in [2.24, 2.45) is 0 Å². The first-order valence-corrected chi connectivity index (χ1v) is 7.02. The van der Waals surface area contributed by atoms with E-state index in [1.807, 2.05) is 18.2 Å². The van der Waals surface area contributed by atoms with Crippen molar-refractivity contribution < 1.29 is 13.5 Å². The summed E-state index contributed by atoms with van der Waals surface area (Å²) in [5, 5.41) is 3.42. The van der Waals surface area contributed by atoms with Gasteiger partial charge in [0.25, 0.3) is 0 Å². The van der Waals surface area contributed by atoms with Crippen LogP contribution in [0.1, 0.15) is 18.4 Å². The van der Waals surface area contributed by atoms with Crippen LogP contribution in [0.15, 0.2) is 36.4 Å². The van der Waals surface area contributed by atoms with Gasteiger partial charge in [-0.15, -0.1) is 0 Å². The van der Waals surface area contributed by atoms with Crippen molar-refractivity contribution in [3.05, 3.63) is 53.6 Å². The van der Waals surface area contributed by atoms with E-state index in [-0.39, 0.29) is 0 Å². The van der Waals surface area contributed by atoms with Crippen LogP contribution in [0.2, 0.25) is 0 Å². The molecule has 0 heterocycles. The third kappa shape index (κ3) is 3.39. The predicted molar refractivity (Wildman–Crippen MR) is 78.2 cm³/mol. The number of nitrogens with one attached hydrogen (secondary N) is 1. The van der Waals surface area contributed by atoms with Crippen molar-refractivity contribution in [2.45, 2.75) is 25.4 Å². The molecule has 3 rings (SSSR count). The minimum Gasteiger partial charge on any atom is -0.496 e. The lowest BCUT2D eigenvalue weighted by atomic mass is 10.0. The highest BCUT2D eigenvalue weighted by atomic mass is 19.1. The molecule has 0 amide bonds. The Morgan fingerprint density at radius 2 is 1.76 bits per heavy atom. The van der Waals surface area contributed by atoms with Gasteiger partial charge in [-0.2, -0.15) is 0 Å². The molecule has 1 aliphatic carbocycles. The molecular formula is C17H17F2NO. The van der Waals surface area contributed by atoms with Crippen molar-refractivity contribution in [1.82, 2.24) is 5.32 Å². The Hall–Kier alpha value is -1.94. The minimum absolute atomic E-state index is 0.530.